The number of alkyl halides is 6. The maximum absolute atomic E-state index is 13.0. The van der Waals surface area contributed by atoms with Gasteiger partial charge in [-0.15, -0.1) is 0 Å². The highest BCUT2D eigenvalue weighted by Gasteiger charge is 2.33. The van der Waals surface area contributed by atoms with E-state index in [2.05, 4.69) is 10.1 Å². The van der Waals surface area contributed by atoms with Crippen molar-refractivity contribution in [3.8, 4) is 17.2 Å². The topological polar surface area (TPSA) is 56.8 Å². The number of hydrogen-bond donors (Lipinski definition) is 1. The standard InChI is InChI=1S/C18H15F6NO4/c1-27-14-5-3-10(7-15(14)28-2)16(26)25-12-8-11(18(22,23)24)4-6-13(12)29-9-17(19,20)21/h3-8H,9H2,1-2H3,(H,25,26). The Kier molecular flexibility index (Phi) is 6.50. The highest BCUT2D eigenvalue weighted by molar-refractivity contribution is 6.05. The zero-order valence-corrected chi connectivity index (χ0v) is 15.1. The van der Waals surface area contributed by atoms with Gasteiger partial charge in [0.2, 0.25) is 0 Å². The predicted molar refractivity (Wildman–Crippen MR) is 90.5 cm³/mol. The van der Waals surface area contributed by atoms with Crippen LogP contribution >= 0.6 is 0 Å². The van der Waals surface area contributed by atoms with Gasteiger partial charge < -0.3 is 19.5 Å². The summed E-state index contributed by atoms with van der Waals surface area (Å²) >= 11 is 0. The molecule has 5 nitrogen and oxygen atoms in total. The average molecular weight is 423 g/mol. The van der Waals surface area contributed by atoms with Crippen LogP contribution in [0.25, 0.3) is 0 Å². The molecule has 0 atom stereocenters. The first-order valence-electron chi connectivity index (χ1n) is 7.89. The van der Waals surface area contributed by atoms with Gasteiger partial charge in [-0.1, -0.05) is 0 Å². The first-order chi connectivity index (χ1) is 13.4. The second-order valence-electron chi connectivity index (χ2n) is 5.64. The van der Waals surface area contributed by atoms with Crippen LogP contribution in [0.15, 0.2) is 36.4 Å². The van der Waals surface area contributed by atoms with E-state index in [9.17, 15) is 31.1 Å². The molecule has 0 radical (unpaired) electrons. The summed E-state index contributed by atoms with van der Waals surface area (Å²) in [7, 11) is 2.68. The van der Waals surface area contributed by atoms with Gasteiger partial charge in [-0.25, -0.2) is 0 Å². The fourth-order valence-electron chi connectivity index (χ4n) is 2.26. The third kappa shape index (κ3) is 5.93. The number of anilines is 1. The summed E-state index contributed by atoms with van der Waals surface area (Å²) in [5, 5.41) is 2.14. The van der Waals surface area contributed by atoms with Crippen molar-refractivity contribution in [3.63, 3.8) is 0 Å². The van der Waals surface area contributed by atoms with Crippen molar-refractivity contribution in [1.29, 1.82) is 0 Å². The molecule has 158 valence electrons. The molecule has 29 heavy (non-hydrogen) atoms. The minimum Gasteiger partial charge on any atom is -0.493 e. The van der Waals surface area contributed by atoms with E-state index in [0.29, 0.717) is 23.9 Å². The molecule has 1 N–H and O–H groups in total. The van der Waals surface area contributed by atoms with Crippen LogP contribution in [0.5, 0.6) is 17.2 Å². The van der Waals surface area contributed by atoms with Crippen LogP contribution in [-0.4, -0.2) is 32.9 Å². The minimum atomic E-state index is -4.77. The molecule has 0 aliphatic rings. The van der Waals surface area contributed by atoms with E-state index >= 15 is 0 Å². The average Bonchev–Trinajstić information content (AvgIpc) is 2.64. The number of amides is 1. The summed E-state index contributed by atoms with van der Waals surface area (Å²) < 4.78 is 90.7. The van der Waals surface area contributed by atoms with Crippen molar-refractivity contribution in [2.24, 2.45) is 0 Å². The Morgan fingerprint density at radius 1 is 0.897 bits per heavy atom. The number of benzene rings is 2. The Hall–Kier alpha value is -3.11. The minimum absolute atomic E-state index is 0.0261. The van der Waals surface area contributed by atoms with Crippen LogP contribution < -0.4 is 19.5 Å². The van der Waals surface area contributed by atoms with Gasteiger partial charge in [-0.2, -0.15) is 26.3 Å². The lowest BCUT2D eigenvalue weighted by Crippen LogP contribution is -2.21. The second kappa shape index (κ2) is 8.50. The van der Waals surface area contributed by atoms with Crippen molar-refractivity contribution < 1.29 is 45.3 Å². The lowest BCUT2D eigenvalue weighted by atomic mass is 10.1. The van der Waals surface area contributed by atoms with Gasteiger partial charge >= 0.3 is 12.4 Å². The van der Waals surface area contributed by atoms with Crippen molar-refractivity contribution in [3.05, 3.63) is 47.5 Å². The smallest absolute Gasteiger partial charge is 0.422 e. The van der Waals surface area contributed by atoms with E-state index in [-0.39, 0.29) is 11.3 Å². The van der Waals surface area contributed by atoms with Crippen molar-refractivity contribution >= 4 is 11.6 Å². The van der Waals surface area contributed by atoms with Crippen LogP contribution in [0, 0.1) is 0 Å². The molecule has 0 bridgehead atoms. The van der Waals surface area contributed by atoms with E-state index in [1.54, 1.807) is 0 Å². The maximum Gasteiger partial charge on any atom is 0.422 e. The zero-order chi connectivity index (χ0) is 21.8. The van der Waals surface area contributed by atoms with Crippen LogP contribution in [0.4, 0.5) is 32.0 Å². The molecule has 0 aromatic heterocycles. The van der Waals surface area contributed by atoms with Crippen LogP contribution in [0.2, 0.25) is 0 Å². The van der Waals surface area contributed by atoms with Crippen LogP contribution in [0.3, 0.4) is 0 Å². The number of halogens is 6. The largest absolute Gasteiger partial charge is 0.493 e. The highest BCUT2D eigenvalue weighted by atomic mass is 19.4. The number of carbonyl (C=O) groups excluding carboxylic acids is 1. The highest BCUT2D eigenvalue weighted by Crippen LogP contribution is 2.36. The summed E-state index contributed by atoms with van der Waals surface area (Å²) in [5.74, 6) is -0.971. The van der Waals surface area contributed by atoms with Gasteiger partial charge in [0.05, 0.1) is 25.5 Å². The number of ether oxygens (including phenoxy) is 3. The van der Waals surface area contributed by atoms with E-state index in [1.807, 2.05) is 0 Å². The van der Waals surface area contributed by atoms with Gasteiger partial charge in [0, 0.05) is 5.56 Å². The van der Waals surface area contributed by atoms with E-state index in [0.717, 1.165) is 0 Å². The van der Waals surface area contributed by atoms with E-state index < -0.39 is 41.9 Å². The molecule has 2 aromatic carbocycles. The molecular formula is C18H15F6NO4. The fourth-order valence-corrected chi connectivity index (χ4v) is 2.26. The first kappa shape index (κ1) is 22.2. The molecule has 0 fully saturated rings. The van der Waals surface area contributed by atoms with Gasteiger partial charge in [0.1, 0.15) is 5.75 Å². The summed E-state index contributed by atoms with van der Waals surface area (Å²) in [5.41, 5.74) is -1.76. The molecule has 0 aliphatic carbocycles. The predicted octanol–water partition coefficient (Wildman–Crippen LogP) is 4.92. The summed E-state index contributed by atoms with van der Waals surface area (Å²) in [4.78, 5) is 12.4. The molecule has 0 heterocycles. The maximum atomic E-state index is 13.0. The Morgan fingerprint density at radius 2 is 1.52 bits per heavy atom. The molecule has 2 aromatic rings. The molecule has 0 unspecified atom stereocenters. The van der Waals surface area contributed by atoms with Crippen molar-refractivity contribution in [1.82, 2.24) is 0 Å². The molecule has 0 saturated heterocycles. The SMILES string of the molecule is COc1ccc(C(=O)Nc2cc(C(F)(F)F)ccc2OCC(F)(F)F)cc1OC. The second-order valence-corrected chi connectivity index (χ2v) is 5.64. The van der Waals surface area contributed by atoms with Gasteiger partial charge in [0.15, 0.2) is 18.1 Å². The summed E-state index contributed by atoms with van der Waals surface area (Å²) in [6, 6.07) is 5.71. The molecule has 2 rings (SSSR count). The van der Waals surface area contributed by atoms with Gasteiger partial charge in [-0.3, -0.25) is 4.79 Å². The molecular weight excluding hydrogens is 408 g/mol. The summed E-state index contributed by atoms with van der Waals surface area (Å²) in [6.45, 7) is -1.74. The lowest BCUT2D eigenvalue weighted by molar-refractivity contribution is -0.153. The molecule has 1 amide bonds. The van der Waals surface area contributed by atoms with Gasteiger partial charge in [0.25, 0.3) is 5.91 Å². The quantitative estimate of drug-likeness (QED) is 0.671. The zero-order valence-electron chi connectivity index (χ0n) is 15.1. The number of carbonyl (C=O) groups is 1. The fraction of sp³-hybridized carbons (Fsp3) is 0.278. The number of hydrogen-bond acceptors (Lipinski definition) is 4. The van der Waals surface area contributed by atoms with Crippen LogP contribution in [0.1, 0.15) is 15.9 Å². The number of nitrogens with one attached hydrogen (secondary N) is 1. The van der Waals surface area contributed by atoms with Crippen LogP contribution in [-0.2, 0) is 6.18 Å². The van der Waals surface area contributed by atoms with E-state index in [4.69, 9.17) is 9.47 Å². The third-order valence-corrected chi connectivity index (χ3v) is 3.59. The first-order valence-corrected chi connectivity index (χ1v) is 7.89. The Morgan fingerprint density at radius 3 is 2.07 bits per heavy atom. The summed E-state index contributed by atoms with van der Waals surface area (Å²) in [6.07, 6.45) is -9.49. The Balaban J connectivity index is 2.36. The molecule has 0 aliphatic heterocycles. The monoisotopic (exact) mass is 423 g/mol. The Labute approximate surface area is 161 Å². The molecule has 0 saturated carbocycles. The third-order valence-electron chi connectivity index (χ3n) is 3.59. The number of methoxy groups -OCH3 is 2. The van der Waals surface area contributed by atoms with E-state index in [1.165, 1.54) is 32.4 Å². The Bertz CT molecular complexity index is 880. The lowest BCUT2D eigenvalue weighted by Gasteiger charge is -2.16. The number of rotatable bonds is 6. The van der Waals surface area contributed by atoms with Gasteiger partial charge in [-0.05, 0) is 36.4 Å². The molecule has 0 spiro atoms. The normalized spacial score (nSPS) is 11.7. The van der Waals surface area contributed by atoms with Crippen molar-refractivity contribution in [2.75, 3.05) is 26.1 Å². The molecule has 11 heteroatoms. The van der Waals surface area contributed by atoms with Crippen molar-refractivity contribution in [2.45, 2.75) is 12.4 Å².